The molecule has 0 bridgehead atoms. The van der Waals surface area contributed by atoms with Gasteiger partial charge < -0.3 is 5.73 Å². The van der Waals surface area contributed by atoms with E-state index in [1.54, 1.807) is 0 Å². The Kier molecular flexibility index (Phi) is 3.06. The van der Waals surface area contributed by atoms with Gasteiger partial charge in [-0.2, -0.15) is 13.2 Å². The fourth-order valence-corrected chi connectivity index (χ4v) is 2.96. The van der Waals surface area contributed by atoms with Crippen LogP contribution in [0.25, 0.3) is 0 Å². The Morgan fingerprint density at radius 2 is 1.76 bits per heavy atom. The lowest BCUT2D eigenvalue weighted by molar-refractivity contribution is -0.140. The first-order valence-electron chi connectivity index (χ1n) is 6.57. The molecule has 2 aromatic rings. The van der Waals surface area contributed by atoms with Crippen molar-refractivity contribution in [3.8, 4) is 0 Å². The molecular formula is C16H13F4N. The maximum absolute atomic E-state index is 13.8. The van der Waals surface area contributed by atoms with Gasteiger partial charge in [0.25, 0.3) is 0 Å². The number of hydrogen-bond donors (Lipinski definition) is 1. The van der Waals surface area contributed by atoms with Gasteiger partial charge >= 0.3 is 6.18 Å². The standard InChI is InChI=1S/C16H13F4N/c17-14-9-11(5-6-13(14)16(18,19)20)15(21)8-7-10-3-1-2-4-12(10)15/h1-6,9H,7-8,21H2. The highest BCUT2D eigenvalue weighted by atomic mass is 19.4. The molecule has 0 amide bonds. The van der Waals surface area contributed by atoms with E-state index in [1.165, 1.54) is 6.07 Å². The van der Waals surface area contributed by atoms with Crippen molar-refractivity contribution in [3.63, 3.8) is 0 Å². The van der Waals surface area contributed by atoms with Crippen molar-refractivity contribution >= 4 is 0 Å². The van der Waals surface area contributed by atoms with E-state index in [4.69, 9.17) is 5.73 Å². The summed E-state index contributed by atoms with van der Waals surface area (Å²) in [5.74, 6) is -1.28. The topological polar surface area (TPSA) is 26.0 Å². The van der Waals surface area contributed by atoms with Crippen LogP contribution in [0.5, 0.6) is 0 Å². The average Bonchev–Trinajstić information content (AvgIpc) is 2.77. The van der Waals surface area contributed by atoms with Gasteiger partial charge in [-0.3, -0.25) is 0 Å². The molecule has 1 nitrogen and oxygen atoms in total. The summed E-state index contributed by atoms with van der Waals surface area (Å²) in [6, 6.07) is 10.4. The molecule has 1 aliphatic rings. The fourth-order valence-electron chi connectivity index (χ4n) is 2.96. The highest BCUT2D eigenvalue weighted by Gasteiger charge is 2.39. The lowest BCUT2D eigenvalue weighted by atomic mass is 9.85. The van der Waals surface area contributed by atoms with Crippen molar-refractivity contribution in [2.75, 3.05) is 0 Å². The fraction of sp³-hybridized carbons (Fsp3) is 0.250. The molecule has 0 aromatic heterocycles. The molecule has 5 heteroatoms. The van der Waals surface area contributed by atoms with Gasteiger partial charge in [-0.25, -0.2) is 4.39 Å². The van der Waals surface area contributed by atoms with Crippen LogP contribution in [0.1, 0.15) is 28.7 Å². The second-order valence-corrected chi connectivity index (χ2v) is 5.32. The Labute approximate surface area is 119 Å². The maximum Gasteiger partial charge on any atom is 0.419 e. The van der Waals surface area contributed by atoms with Gasteiger partial charge in [0.1, 0.15) is 5.82 Å². The molecular weight excluding hydrogens is 282 g/mol. The number of halogens is 4. The van der Waals surface area contributed by atoms with Crippen molar-refractivity contribution in [3.05, 3.63) is 70.5 Å². The second kappa shape index (κ2) is 4.56. The largest absolute Gasteiger partial charge is 0.419 e. The first-order chi connectivity index (χ1) is 9.82. The van der Waals surface area contributed by atoms with Crippen LogP contribution in [0.4, 0.5) is 17.6 Å². The lowest BCUT2D eigenvalue weighted by Gasteiger charge is -2.26. The number of alkyl halides is 3. The summed E-state index contributed by atoms with van der Waals surface area (Å²) in [6.07, 6.45) is -3.41. The zero-order valence-electron chi connectivity index (χ0n) is 11.0. The number of benzene rings is 2. The van der Waals surface area contributed by atoms with Crippen molar-refractivity contribution in [1.82, 2.24) is 0 Å². The predicted octanol–water partition coefficient (Wildman–Crippen LogP) is 3.99. The second-order valence-electron chi connectivity index (χ2n) is 5.32. The normalized spacial score (nSPS) is 21.4. The number of rotatable bonds is 1. The van der Waals surface area contributed by atoms with Crippen LogP contribution < -0.4 is 5.73 Å². The zero-order chi connectivity index (χ0) is 15.3. The number of aryl methyl sites for hydroxylation is 1. The molecule has 0 saturated carbocycles. The van der Waals surface area contributed by atoms with E-state index in [1.807, 2.05) is 24.3 Å². The average molecular weight is 295 g/mol. The van der Waals surface area contributed by atoms with Crippen LogP contribution in [-0.2, 0) is 18.1 Å². The minimum absolute atomic E-state index is 0.373. The van der Waals surface area contributed by atoms with E-state index in [-0.39, 0.29) is 0 Å². The summed E-state index contributed by atoms with van der Waals surface area (Å²) in [6.45, 7) is 0. The van der Waals surface area contributed by atoms with Gasteiger partial charge in [0, 0.05) is 0 Å². The van der Waals surface area contributed by atoms with Crippen LogP contribution in [0, 0.1) is 5.82 Å². The van der Waals surface area contributed by atoms with Crippen molar-refractivity contribution in [1.29, 1.82) is 0 Å². The highest BCUT2D eigenvalue weighted by molar-refractivity contribution is 5.47. The molecule has 2 aromatic carbocycles. The molecule has 0 saturated heterocycles. The van der Waals surface area contributed by atoms with E-state index >= 15 is 0 Å². The van der Waals surface area contributed by atoms with Gasteiger partial charge in [-0.05, 0) is 41.7 Å². The van der Waals surface area contributed by atoms with Crippen molar-refractivity contribution < 1.29 is 17.6 Å². The minimum atomic E-state index is -4.70. The minimum Gasteiger partial charge on any atom is -0.318 e. The number of hydrogen-bond acceptors (Lipinski definition) is 1. The van der Waals surface area contributed by atoms with Gasteiger partial charge in [0.15, 0.2) is 0 Å². The van der Waals surface area contributed by atoms with Crippen LogP contribution in [0.3, 0.4) is 0 Å². The molecule has 2 N–H and O–H groups in total. The number of nitrogens with two attached hydrogens (primary N) is 1. The smallest absolute Gasteiger partial charge is 0.318 e. The molecule has 0 fully saturated rings. The summed E-state index contributed by atoms with van der Waals surface area (Å²) in [5.41, 5.74) is 6.46. The van der Waals surface area contributed by atoms with Gasteiger partial charge in [-0.1, -0.05) is 30.3 Å². The summed E-state index contributed by atoms with van der Waals surface area (Å²) in [5, 5.41) is 0. The molecule has 1 unspecified atom stereocenters. The third kappa shape index (κ3) is 2.21. The van der Waals surface area contributed by atoms with Gasteiger partial charge in [0.2, 0.25) is 0 Å². The van der Waals surface area contributed by atoms with Crippen LogP contribution in [-0.4, -0.2) is 0 Å². The van der Waals surface area contributed by atoms with Gasteiger partial charge in [0.05, 0.1) is 11.1 Å². The monoisotopic (exact) mass is 295 g/mol. The summed E-state index contributed by atoms with van der Waals surface area (Å²) in [7, 11) is 0. The van der Waals surface area contributed by atoms with Crippen LogP contribution >= 0.6 is 0 Å². The third-order valence-corrected chi connectivity index (χ3v) is 4.08. The van der Waals surface area contributed by atoms with E-state index in [0.29, 0.717) is 12.0 Å². The molecule has 0 radical (unpaired) electrons. The summed E-state index contributed by atoms with van der Waals surface area (Å²) < 4.78 is 51.6. The summed E-state index contributed by atoms with van der Waals surface area (Å²) in [4.78, 5) is 0. The van der Waals surface area contributed by atoms with Crippen molar-refractivity contribution in [2.45, 2.75) is 24.6 Å². The maximum atomic E-state index is 13.8. The summed E-state index contributed by atoms with van der Waals surface area (Å²) >= 11 is 0. The molecule has 21 heavy (non-hydrogen) atoms. The Morgan fingerprint density at radius 1 is 1.05 bits per heavy atom. The van der Waals surface area contributed by atoms with Gasteiger partial charge in [-0.15, -0.1) is 0 Å². The molecule has 0 aliphatic heterocycles. The quantitative estimate of drug-likeness (QED) is 0.791. The number of fused-ring (bicyclic) bond motifs is 1. The zero-order valence-corrected chi connectivity index (χ0v) is 11.0. The van der Waals surface area contributed by atoms with E-state index in [2.05, 4.69) is 0 Å². The Bertz CT molecular complexity index is 693. The van der Waals surface area contributed by atoms with Crippen molar-refractivity contribution in [2.24, 2.45) is 5.73 Å². The molecule has 3 rings (SSSR count). The van der Waals surface area contributed by atoms with Crippen LogP contribution in [0.2, 0.25) is 0 Å². The van der Waals surface area contributed by atoms with E-state index in [9.17, 15) is 17.6 Å². The first-order valence-corrected chi connectivity index (χ1v) is 6.57. The molecule has 1 atom stereocenters. The first kappa shape index (κ1) is 14.1. The Morgan fingerprint density at radius 3 is 2.43 bits per heavy atom. The lowest BCUT2D eigenvalue weighted by Crippen LogP contribution is -2.35. The molecule has 110 valence electrons. The Hall–Kier alpha value is -1.88. The molecule has 0 spiro atoms. The van der Waals surface area contributed by atoms with E-state index < -0.39 is 23.1 Å². The van der Waals surface area contributed by atoms with Crippen LogP contribution in [0.15, 0.2) is 42.5 Å². The molecule has 0 heterocycles. The Balaban J connectivity index is 2.08. The third-order valence-electron chi connectivity index (χ3n) is 4.08. The predicted molar refractivity (Wildman–Crippen MR) is 71.1 cm³/mol. The molecule has 1 aliphatic carbocycles. The SMILES string of the molecule is NC1(c2ccc(C(F)(F)F)c(F)c2)CCc2ccccc21. The highest BCUT2D eigenvalue weighted by Crippen LogP contribution is 2.41. The van der Waals surface area contributed by atoms with E-state index in [0.717, 1.165) is 29.7 Å².